The lowest BCUT2D eigenvalue weighted by Crippen LogP contribution is -2.49. The summed E-state index contributed by atoms with van der Waals surface area (Å²) < 4.78 is 19.2. The van der Waals surface area contributed by atoms with E-state index >= 15 is 0 Å². The molecular formula is C25H29ClFN7O2. The molecule has 11 heteroatoms. The van der Waals surface area contributed by atoms with E-state index in [-0.39, 0.29) is 5.02 Å². The Hall–Kier alpha value is -3.50. The van der Waals surface area contributed by atoms with Gasteiger partial charge in [-0.15, -0.1) is 0 Å². The molecule has 0 bridgehead atoms. The number of halogens is 2. The van der Waals surface area contributed by atoms with Crippen LogP contribution in [0.15, 0.2) is 52.6 Å². The lowest BCUT2D eigenvalue weighted by molar-refractivity contribution is 0.0701. The van der Waals surface area contributed by atoms with Crippen LogP contribution in [0.25, 0.3) is 5.70 Å². The monoisotopic (exact) mass is 513 g/mol. The van der Waals surface area contributed by atoms with Crippen LogP contribution in [0.1, 0.15) is 15.9 Å². The maximum atomic E-state index is 13.8. The fourth-order valence-corrected chi connectivity index (χ4v) is 4.28. The molecule has 0 spiro atoms. The molecule has 9 nitrogen and oxygen atoms in total. The number of nitrogens with two attached hydrogens (primary N) is 1. The molecule has 2 saturated heterocycles. The molecule has 2 N–H and O–H groups in total. The van der Waals surface area contributed by atoms with Gasteiger partial charge in [0, 0.05) is 64.2 Å². The number of anilines is 1. The molecule has 2 fully saturated rings. The largest absolute Gasteiger partial charge is 0.378 e. The predicted molar refractivity (Wildman–Crippen MR) is 140 cm³/mol. The molecule has 2 aromatic rings. The summed E-state index contributed by atoms with van der Waals surface area (Å²) in [5.74, 6) is 0.342. The zero-order chi connectivity index (χ0) is 25.5. The summed E-state index contributed by atoms with van der Waals surface area (Å²) in [4.78, 5) is 31.7. The van der Waals surface area contributed by atoms with Gasteiger partial charge in [0.15, 0.2) is 0 Å². The number of hydrogen-bond donors (Lipinski definition) is 1. The number of piperazine rings is 1. The molecule has 0 radical (unpaired) electrons. The number of aromatic nitrogens is 1. The van der Waals surface area contributed by atoms with Crippen molar-refractivity contribution in [2.45, 2.75) is 0 Å². The van der Waals surface area contributed by atoms with E-state index in [0.717, 1.165) is 18.9 Å². The normalized spacial score (nSPS) is 17.7. The third-order valence-corrected chi connectivity index (χ3v) is 6.36. The summed E-state index contributed by atoms with van der Waals surface area (Å²) >= 11 is 6.07. The van der Waals surface area contributed by atoms with Crippen LogP contribution in [-0.4, -0.2) is 92.4 Å². The molecule has 1 aromatic carbocycles. The molecular weight excluding hydrogens is 485 g/mol. The average Bonchev–Trinajstić information content (AvgIpc) is 2.91. The number of nitrogens with zero attached hydrogens (tertiary/aromatic N) is 6. The van der Waals surface area contributed by atoms with E-state index in [0.29, 0.717) is 62.0 Å². The molecule has 0 saturated carbocycles. The van der Waals surface area contributed by atoms with Gasteiger partial charge in [-0.3, -0.25) is 9.79 Å². The SMILES string of the molecule is CN=C(/C=C(\N=CN1CCOCC1)c1ccc(F)c(Cl)c1)N1CCN(c2ncccc2C(N)=O)CC1. The van der Waals surface area contributed by atoms with Gasteiger partial charge in [0.1, 0.15) is 17.5 Å². The van der Waals surface area contributed by atoms with Crippen molar-refractivity contribution in [2.24, 2.45) is 15.7 Å². The van der Waals surface area contributed by atoms with Gasteiger partial charge in [-0.1, -0.05) is 11.6 Å². The number of hydrogen-bond acceptors (Lipinski definition) is 6. The predicted octanol–water partition coefficient (Wildman–Crippen LogP) is 2.52. The maximum Gasteiger partial charge on any atom is 0.252 e. The highest BCUT2D eigenvalue weighted by molar-refractivity contribution is 6.30. The minimum absolute atomic E-state index is 0.0317. The smallest absolute Gasteiger partial charge is 0.252 e. The lowest BCUT2D eigenvalue weighted by atomic mass is 10.1. The second-order valence-electron chi connectivity index (χ2n) is 8.35. The summed E-state index contributed by atoms with van der Waals surface area (Å²) in [5, 5.41) is 0.0317. The number of carbonyl (C=O) groups excluding carboxylic acids is 1. The zero-order valence-corrected chi connectivity index (χ0v) is 20.9. The van der Waals surface area contributed by atoms with Crippen LogP contribution in [0.5, 0.6) is 0 Å². The van der Waals surface area contributed by atoms with Gasteiger partial charge in [-0.2, -0.15) is 0 Å². The van der Waals surface area contributed by atoms with Gasteiger partial charge in [0.25, 0.3) is 5.91 Å². The Labute approximate surface area is 214 Å². The summed E-state index contributed by atoms with van der Waals surface area (Å²) in [6, 6.07) is 7.94. The number of benzene rings is 1. The van der Waals surface area contributed by atoms with Crippen molar-refractivity contribution < 1.29 is 13.9 Å². The number of carbonyl (C=O) groups is 1. The number of amidine groups is 1. The fraction of sp³-hybridized carbons (Fsp3) is 0.360. The van der Waals surface area contributed by atoms with Crippen LogP contribution in [0.4, 0.5) is 10.2 Å². The van der Waals surface area contributed by atoms with Crippen molar-refractivity contribution in [1.29, 1.82) is 0 Å². The van der Waals surface area contributed by atoms with Gasteiger partial charge >= 0.3 is 0 Å². The molecule has 2 aliphatic heterocycles. The minimum Gasteiger partial charge on any atom is -0.378 e. The number of primary amides is 1. The van der Waals surface area contributed by atoms with Crippen LogP contribution < -0.4 is 10.6 Å². The molecule has 1 amide bonds. The van der Waals surface area contributed by atoms with Gasteiger partial charge in [0.05, 0.1) is 35.8 Å². The van der Waals surface area contributed by atoms with E-state index < -0.39 is 11.7 Å². The quantitative estimate of drug-likeness (QED) is 0.470. The highest BCUT2D eigenvalue weighted by Crippen LogP contribution is 2.24. The number of aliphatic imine (C=N–C) groups is 2. The van der Waals surface area contributed by atoms with E-state index in [4.69, 9.17) is 27.1 Å². The summed E-state index contributed by atoms with van der Waals surface area (Å²) in [5.41, 5.74) is 7.24. The van der Waals surface area contributed by atoms with Crippen LogP contribution >= 0.6 is 11.6 Å². The van der Waals surface area contributed by atoms with Gasteiger partial charge in [0.2, 0.25) is 0 Å². The second-order valence-corrected chi connectivity index (χ2v) is 8.75. The van der Waals surface area contributed by atoms with E-state index in [1.165, 1.54) is 6.07 Å². The van der Waals surface area contributed by atoms with Crippen molar-refractivity contribution in [3.05, 3.63) is 64.6 Å². The Morgan fingerprint density at radius 2 is 1.92 bits per heavy atom. The Kier molecular flexibility index (Phi) is 8.50. The Bertz CT molecular complexity index is 1170. The number of amides is 1. The minimum atomic E-state index is -0.500. The molecule has 0 atom stereocenters. The van der Waals surface area contributed by atoms with Crippen LogP contribution in [0.2, 0.25) is 5.02 Å². The number of ether oxygens (including phenoxy) is 1. The van der Waals surface area contributed by atoms with E-state index in [2.05, 4.69) is 19.8 Å². The molecule has 4 rings (SSSR count). The van der Waals surface area contributed by atoms with E-state index in [9.17, 15) is 9.18 Å². The third-order valence-electron chi connectivity index (χ3n) is 6.07. The van der Waals surface area contributed by atoms with E-state index in [1.54, 1.807) is 43.8 Å². The van der Waals surface area contributed by atoms with Gasteiger partial charge < -0.3 is 25.2 Å². The summed E-state index contributed by atoms with van der Waals surface area (Å²) in [7, 11) is 1.73. The fourth-order valence-electron chi connectivity index (χ4n) is 4.10. The Balaban J connectivity index is 1.55. The molecule has 0 unspecified atom stereocenters. The molecule has 190 valence electrons. The van der Waals surface area contributed by atoms with Gasteiger partial charge in [-0.05, 0) is 30.3 Å². The summed E-state index contributed by atoms with van der Waals surface area (Å²) in [6.07, 6.45) is 5.32. The zero-order valence-electron chi connectivity index (χ0n) is 20.1. The van der Waals surface area contributed by atoms with Crippen LogP contribution in [0, 0.1) is 5.82 Å². The van der Waals surface area contributed by atoms with Crippen LogP contribution in [0.3, 0.4) is 0 Å². The van der Waals surface area contributed by atoms with Crippen LogP contribution in [-0.2, 0) is 4.74 Å². The highest BCUT2D eigenvalue weighted by Gasteiger charge is 2.23. The van der Waals surface area contributed by atoms with Gasteiger partial charge in [-0.25, -0.2) is 14.4 Å². The molecule has 36 heavy (non-hydrogen) atoms. The van der Waals surface area contributed by atoms with Crippen molar-refractivity contribution in [1.82, 2.24) is 14.8 Å². The summed E-state index contributed by atoms with van der Waals surface area (Å²) in [6.45, 7) is 5.38. The first-order valence-electron chi connectivity index (χ1n) is 11.7. The Morgan fingerprint density at radius 1 is 1.17 bits per heavy atom. The maximum absolute atomic E-state index is 13.8. The molecule has 3 heterocycles. The topological polar surface area (TPSA) is 99.7 Å². The van der Waals surface area contributed by atoms with Crippen molar-refractivity contribution in [2.75, 3.05) is 64.4 Å². The third kappa shape index (κ3) is 6.19. The first-order chi connectivity index (χ1) is 17.5. The first kappa shape index (κ1) is 25.6. The van der Waals surface area contributed by atoms with Crippen molar-refractivity contribution in [3.8, 4) is 0 Å². The number of rotatable bonds is 6. The molecule has 0 aliphatic carbocycles. The van der Waals surface area contributed by atoms with E-state index in [1.807, 2.05) is 11.0 Å². The lowest BCUT2D eigenvalue weighted by Gasteiger charge is -2.37. The average molecular weight is 514 g/mol. The Morgan fingerprint density at radius 3 is 2.58 bits per heavy atom. The highest BCUT2D eigenvalue weighted by atomic mass is 35.5. The standard InChI is InChI=1S/C25H29ClFN7O2/c1-29-23(33-7-9-34(10-8-33)25-19(24(28)35)3-2-6-30-25)16-22(18-4-5-21(27)20(26)15-18)31-17-32-11-13-36-14-12-32/h2-6,15-17H,7-14H2,1H3,(H2,28,35)/b22-16-,29-23?,31-17?. The van der Waals surface area contributed by atoms with Crippen molar-refractivity contribution in [3.63, 3.8) is 0 Å². The first-order valence-corrected chi connectivity index (χ1v) is 12.1. The molecule has 1 aromatic heterocycles. The number of pyridine rings is 1. The van der Waals surface area contributed by atoms with Crippen molar-refractivity contribution >= 4 is 41.2 Å². The second kappa shape index (κ2) is 12.0. The number of morpholine rings is 1. The molecule has 2 aliphatic rings.